The Hall–Kier alpha value is -3.20. The predicted octanol–water partition coefficient (Wildman–Crippen LogP) is 1.72. The molecule has 0 spiro atoms. The first-order valence-electron chi connectivity index (χ1n) is 7.46. The molecule has 0 radical (unpaired) electrons. The summed E-state index contributed by atoms with van der Waals surface area (Å²) >= 11 is 0. The Morgan fingerprint density at radius 2 is 2.04 bits per heavy atom. The number of fused-ring (bicyclic) bond motifs is 1. The monoisotopic (exact) mass is 322 g/mol. The molecule has 120 valence electrons. The summed E-state index contributed by atoms with van der Waals surface area (Å²) in [5, 5.41) is 3.35. The molecule has 5 nitrogen and oxygen atoms in total. The van der Waals surface area contributed by atoms with Crippen molar-refractivity contribution in [3.63, 3.8) is 0 Å². The van der Waals surface area contributed by atoms with Gasteiger partial charge >= 0.3 is 0 Å². The van der Waals surface area contributed by atoms with E-state index >= 15 is 0 Å². The molecule has 1 aromatic heterocycles. The van der Waals surface area contributed by atoms with Crippen LogP contribution >= 0.6 is 0 Å². The van der Waals surface area contributed by atoms with Gasteiger partial charge < -0.3 is 11.6 Å². The van der Waals surface area contributed by atoms with Crippen molar-refractivity contribution in [1.29, 1.82) is 0 Å². The molecule has 6 heteroatoms. The molecule has 3 rings (SSSR count). The second-order valence-electron chi connectivity index (χ2n) is 5.46. The average molecular weight is 322 g/mol. The lowest BCUT2D eigenvalue weighted by Gasteiger charge is -2.12. The zero-order chi connectivity index (χ0) is 17.1. The molecule has 4 N–H and O–H groups in total. The molecule has 1 aromatic carbocycles. The van der Waals surface area contributed by atoms with Crippen molar-refractivity contribution in [2.24, 2.45) is 16.7 Å². The van der Waals surface area contributed by atoms with Crippen LogP contribution in [-0.2, 0) is 6.42 Å². The van der Waals surface area contributed by atoms with Crippen LogP contribution in [0.15, 0.2) is 35.4 Å². The van der Waals surface area contributed by atoms with Crippen molar-refractivity contribution in [2.75, 3.05) is 0 Å². The molecular formula is C18H15FN4O. The largest absolute Gasteiger partial charge is 0.382 e. The number of nitrogens with two attached hydrogens (primary N) is 2. The van der Waals surface area contributed by atoms with E-state index in [-0.39, 0.29) is 11.6 Å². The molecule has 0 unspecified atom stereocenters. The average Bonchev–Trinajstić information content (AvgIpc) is 2.59. The SMILES string of the molecule is N/N=C(\N)c1cc(F)cc(C#Cc2ccc3c(n2)CCCC3=O)c1. The minimum atomic E-state index is -0.479. The molecule has 0 aliphatic heterocycles. The molecule has 0 saturated heterocycles. The van der Waals surface area contributed by atoms with Crippen LogP contribution in [0.2, 0.25) is 0 Å². The normalized spacial score (nSPS) is 13.9. The Balaban J connectivity index is 1.93. The van der Waals surface area contributed by atoms with Crippen LogP contribution in [0.25, 0.3) is 0 Å². The molecule has 0 fully saturated rings. The number of Topliss-reactive ketones (excluding diaryl/α,β-unsaturated/α-hetero) is 1. The Morgan fingerprint density at radius 3 is 2.83 bits per heavy atom. The zero-order valence-corrected chi connectivity index (χ0v) is 12.8. The van der Waals surface area contributed by atoms with E-state index in [0.717, 1.165) is 18.5 Å². The third-order valence-corrected chi connectivity index (χ3v) is 3.76. The van der Waals surface area contributed by atoms with Crippen molar-refractivity contribution >= 4 is 11.6 Å². The lowest BCUT2D eigenvalue weighted by atomic mass is 9.94. The second kappa shape index (κ2) is 6.50. The molecule has 1 heterocycles. The Morgan fingerprint density at radius 1 is 1.21 bits per heavy atom. The van der Waals surface area contributed by atoms with Gasteiger partial charge in [-0.25, -0.2) is 9.37 Å². The second-order valence-corrected chi connectivity index (χ2v) is 5.46. The van der Waals surface area contributed by atoms with E-state index in [0.29, 0.717) is 28.8 Å². The first-order valence-corrected chi connectivity index (χ1v) is 7.46. The summed E-state index contributed by atoms with van der Waals surface area (Å²) in [7, 11) is 0. The van der Waals surface area contributed by atoms with Crippen LogP contribution in [0, 0.1) is 17.7 Å². The Bertz CT molecular complexity index is 909. The van der Waals surface area contributed by atoms with Crippen LogP contribution in [0.1, 0.15) is 45.7 Å². The fourth-order valence-electron chi connectivity index (χ4n) is 2.59. The number of benzene rings is 1. The molecule has 0 atom stereocenters. The summed E-state index contributed by atoms with van der Waals surface area (Å²) in [5.74, 6) is 10.5. The van der Waals surface area contributed by atoms with E-state index in [9.17, 15) is 9.18 Å². The van der Waals surface area contributed by atoms with Gasteiger partial charge in [0.25, 0.3) is 0 Å². The Kier molecular flexibility index (Phi) is 4.25. The van der Waals surface area contributed by atoms with Crippen molar-refractivity contribution in [3.05, 3.63) is 64.2 Å². The number of aryl methyl sites for hydroxylation is 1. The van der Waals surface area contributed by atoms with Gasteiger partial charge in [-0.15, -0.1) is 0 Å². The first kappa shape index (κ1) is 15.7. The maximum Gasteiger partial charge on any atom is 0.164 e. The summed E-state index contributed by atoms with van der Waals surface area (Å²) in [6.07, 6.45) is 2.14. The van der Waals surface area contributed by atoms with E-state index in [1.54, 1.807) is 18.2 Å². The highest BCUT2D eigenvalue weighted by molar-refractivity contribution is 5.98. The van der Waals surface area contributed by atoms with Crippen molar-refractivity contribution in [2.45, 2.75) is 19.3 Å². The number of halogens is 1. The van der Waals surface area contributed by atoms with Crippen LogP contribution in [-0.4, -0.2) is 16.6 Å². The van der Waals surface area contributed by atoms with Crippen LogP contribution in [0.3, 0.4) is 0 Å². The summed E-state index contributed by atoms with van der Waals surface area (Å²) in [6, 6.07) is 7.58. The number of nitrogens with zero attached hydrogens (tertiary/aromatic N) is 2. The van der Waals surface area contributed by atoms with E-state index < -0.39 is 5.82 Å². The van der Waals surface area contributed by atoms with Gasteiger partial charge in [0, 0.05) is 23.1 Å². The number of carbonyl (C=O) groups excluding carboxylic acids is 1. The van der Waals surface area contributed by atoms with Gasteiger partial charge in [0.1, 0.15) is 17.3 Å². The van der Waals surface area contributed by atoms with Gasteiger partial charge in [-0.2, -0.15) is 5.10 Å². The van der Waals surface area contributed by atoms with E-state index in [1.165, 1.54) is 12.1 Å². The van der Waals surface area contributed by atoms with Gasteiger partial charge in [-0.1, -0.05) is 5.92 Å². The molecule has 2 aromatic rings. The molecular weight excluding hydrogens is 307 g/mol. The van der Waals surface area contributed by atoms with Crippen LogP contribution < -0.4 is 11.6 Å². The summed E-state index contributed by atoms with van der Waals surface area (Å²) in [6.45, 7) is 0. The molecule has 24 heavy (non-hydrogen) atoms. The highest BCUT2D eigenvalue weighted by atomic mass is 19.1. The number of rotatable bonds is 1. The van der Waals surface area contributed by atoms with Crippen LogP contribution in [0.5, 0.6) is 0 Å². The topological polar surface area (TPSA) is 94.4 Å². The molecule has 1 aliphatic carbocycles. The van der Waals surface area contributed by atoms with E-state index in [4.69, 9.17) is 11.6 Å². The highest BCUT2D eigenvalue weighted by Gasteiger charge is 2.17. The minimum absolute atomic E-state index is 0.0305. The maximum absolute atomic E-state index is 13.6. The van der Waals surface area contributed by atoms with Gasteiger partial charge in [-0.05, 0) is 49.1 Å². The maximum atomic E-state index is 13.6. The third-order valence-electron chi connectivity index (χ3n) is 3.76. The quantitative estimate of drug-likeness (QED) is 0.275. The van der Waals surface area contributed by atoms with Gasteiger partial charge in [0.2, 0.25) is 0 Å². The first-order chi connectivity index (χ1) is 11.6. The van der Waals surface area contributed by atoms with E-state index in [1.807, 2.05) is 0 Å². The van der Waals surface area contributed by atoms with Crippen molar-refractivity contribution in [1.82, 2.24) is 4.98 Å². The summed E-state index contributed by atoms with van der Waals surface area (Å²) in [5.41, 5.74) is 8.38. The molecule has 0 saturated carbocycles. The van der Waals surface area contributed by atoms with E-state index in [2.05, 4.69) is 21.9 Å². The zero-order valence-electron chi connectivity index (χ0n) is 12.8. The number of ketones is 1. The van der Waals surface area contributed by atoms with Gasteiger partial charge in [-0.3, -0.25) is 4.79 Å². The van der Waals surface area contributed by atoms with Crippen LogP contribution in [0.4, 0.5) is 4.39 Å². The highest BCUT2D eigenvalue weighted by Crippen LogP contribution is 2.19. The predicted molar refractivity (Wildman–Crippen MR) is 88.8 cm³/mol. The smallest absolute Gasteiger partial charge is 0.164 e. The fourth-order valence-corrected chi connectivity index (χ4v) is 2.59. The number of aromatic nitrogens is 1. The van der Waals surface area contributed by atoms with Gasteiger partial charge in [0.05, 0.1) is 5.69 Å². The number of pyridine rings is 1. The lowest BCUT2D eigenvalue weighted by Crippen LogP contribution is -2.15. The molecule has 0 amide bonds. The molecule has 1 aliphatic rings. The number of carbonyl (C=O) groups is 1. The standard InChI is InChI=1S/C18H15FN4O/c19-13-9-11(8-12(10-13)18(20)23-21)4-5-14-6-7-15-16(22-14)2-1-3-17(15)24/h6-10H,1-3,21H2,(H2,20,23). The van der Waals surface area contributed by atoms with Crippen molar-refractivity contribution < 1.29 is 9.18 Å². The lowest BCUT2D eigenvalue weighted by molar-refractivity contribution is 0.0971. The summed E-state index contributed by atoms with van der Waals surface area (Å²) < 4.78 is 13.6. The molecule has 0 bridgehead atoms. The number of hydrogen-bond donors (Lipinski definition) is 2. The number of amidine groups is 1. The minimum Gasteiger partial charge on any atom is -0.382 e. The fraction of sp³-hybridized carbons (Fsp3) is 0.167. The summed E-state index contributed by atoms with van der Waals surface area (Å²) in [4.78, 5) is 16.2. The van der Waals surface area contributed by atoms with Gasteiger partial charge in [0.15, 0.2) is 5.78 Å². The van der Waals surface area contributed by atoms with Crippen molar-refractivity contribution in [3.8, 4) is 11.8 Å². The third kappa shape index (κ3) is 3.25. The number of hydrogen-bond acceptors (Lipinski definition) is 4. The Labute approximate surface area is 138 Å². The number of hydrazone groups is 1.